The fourth-order valence-electron chi connectivity index (χ4n) is 1.58. The predicted octanol–water partition coefficient (Wildman–Crippen LogP) is 3.32. The molecule has 1 atom stereocenters. The summed E-state index contributed by atoms with van der Waals surface area (Å²) in [5.41, 5.74) is 6.98. The second-order valence-corrected chi connectivity index (χ2v) is 5.07. The van der Waals surface area contributed by atoms with Gasteiger partial charge in [-0.1, -0.05) is 23.2 Å². The molecule has 2 aromatic heterocycles. The van der Waals surface area contributed by atoms with Gasteiger partial charge in [0.05, 0.1) is 28.0 Å². The van der Waals surface area contributed by atoms with Gasteiger partial charge in [-0.2, -0.15) is 5.10 Å². The molecule has 0 aliphatic rings. The summed E-state index contributed by atoms with van der Waals surface area (Å²) < 4.78 is 1.79. The van der Waals surface area contributed by atoms with Crippen LogP contribution >= 0.6 is 34.5 Å². The lowest BCUT2D eigenvalue weighted by Crippen LogP contribution is -2.16. The van der Waals surface area contributed by atoms with E-state index in [1.807, 2.05) is 18.4 Å². The molecule has 0 spiro atoms. The SMILES string of the molecule is CCn1ncc(Cl)c1C(N)c1sccc1Cl. The Morgan fingerprint density at radius 3 is 2.81 bits per heavy atom. The normalized spacial score (nSPS) is 13.0. The highest BCUT2D eigenvalue weighted by molar-refractivity contribution is 7.10. The molecule has 1 unspecified atom stereocenters. The van der Waals surface area contributed by atoms with Gasteiger partial charge in [0.1, 0.15) is 0 Å². The summed E-state index contributed by atoms with van der Waals surface area (Å²) in [5.74, 6) is 0. The van der Waals surface area contributed by atoms with Crippen LogP contribution in [-0.2, 0) is 6.54 Å². The maximum absolute atomic E-state index is 6.16. The minimum atomic E-state index is -0.317. The van der Waals surface area contributed by atoms with E-state index in [-0.39, 0.29) is 6.04 Å². The number of rotatable bonds is 3. The fourth-order valence-corrected chi connectivity index (χ4v) is 3.02. The van der Waals surface area contributed by atoms with Crippen LogP contribution in [0.1, 0.15) is 23.5 Å². The lowest BCUT2D eigenvalue weighted by atomic mass is 10.2. The summed E-state index contributed by atoms with van der Waals surface area (Å²) in [4.78, 5) is 0.916. The third kappa shape index (κ3) is 1.98. The lowest BCUT2D eigenvalue weighted by molar-refractivity contribution is 0.603. The molecule has 0 saturated carbocycles. The first-order chi connectivity index (χ1) is 7.65. The molecule has 3 nitrogen and oxygen atoms in total. The number of hydrogen-bond donors (Lipinski definition) is 1. The van der Waals surface area contributed by atoms with E-state index >= 15 is 0 Å². The Morgan fingerprint density at radius 1 is 1.50 bits per heavy atom. The number of halogens is 2. The molecule has 16 heavy (non-hydrogen) atoms. The molecule has 0 amide bonds. The topological polar surface area (TPSA) is 43.8 Å². The first kappa shape index (κ1) is 11.9. The van der Waals surface area contributed by atoms with Crippen molar-refractivity contribution >= 4 is 34.5 Å². The lowest BCUT2D eigenvalue weighted by Gasteiger charge is -2.13. The van der Waals surface area contributed by atoms with Crippen molar-refractivity contribution in [2.45, 2.75) is 19.5 Å². The zero-order chi connectivity index (χ0) is 11.7. The van der Waals surface area contributed by atoms with Gasteiger partial charge in [-0.3, -0.25) is 4.68 Å². The van der Waals surface area contributed by atoms with E-state index in [4.69, 9.17) is 28.9 Å². The highest BCUT2D eigenvalue weighted by Gasteiger charge is 2.20. The van der Waals surface area contributed by atoms with Gasteiger partial charge in [0, 0.05) is 11.4 Å². The summed E-state index contributed by atoms with van der Waals surface area (Å²) in [6, 6.07) is 1.52. The van der Waals surface area contributed by atoms with Crippen molar-refractivity contribution in [2.24, 2.45) is 5.73 Å². The molecule has 0 radical (unpaired) electrons. The quantitative estimate of drug-likeness (QED) is 0.934. The molecule has 0 aromatic carbocycles. The van der Waals surface area contributed by atoms with E-state index in [0.717, 1.165) is 17.1 Å². The summed E-state index contributed by atoms with van der Waals surface area (Å²) in [5, 5.41) is 7.34. The Kier molecular flexibility index (Phi) is 3.54. The van der Waals surface area contributed by atoms with Crippen LogP contribution in [0.4, 0.5) is 0 Å². The molecular formula is C10H11Cl2N3S. The van der Waals surface area contributed by atoms with Gasteiger partial charge in [-0.05, 0) is 18.4 Å². The molecule has 0 aliphatic heterocycles. The molecular weight excluding hydrogens is 265 g/mol. The Morgan fingerprint density at radius 2 is 2.25 bits per heavy atom. The van der Waals surface area contributed by atoms with Crippen molar-refractivity contribution in [1.29, 1.82) is 0 Å². The van der Waals surface area contributed by atoms with E-state index in [9.17, 15) is 0 Å². The average Bonchev–Trinajstić information content (AvgIpc) is 2.83. The van der Waals surface area contributed by atoms with Crippen LogP contribution in [0, 0.1) is 0 Å². The minimum Gasteiger partial charge on any atom is -0.318 e. The number of aryl methyl sites for hydroxylation is 1. The Labute approximate surface area is 108 Å². The molecule has 6 heteroatoms. The van der Waals surface area contributed by atoms with Gasteiger partial charge in [0.15, 0.2) is 0 Å². The Balaban J connectivity index is 2.44. The molecule has 0 saturated heterocycles. The highest BCUT2D eigenvalue weighted by atomic mass is 35.5. The van der Waals surface area contributed by atoms with Gasteiger partial charge in [0.2, 0.25) is 0 Å². The van der Waals surface area contributed by atoms with Gasteiger partial charge >= 0.3 is 0 Å². The van der Waals surface area contributed by atoms with E-state index in [0.29, 0.717) is 10.0 Å². The number of hydrogen-bond acceptors (Lipinski definition) is 3. The Bertz CT molecular complexity index is 492. The second-order valence-electron chi connectivity index (χ2n) is 3.30. The zero-order valence-electron chi connectivity index (χ0n) is 8.65. The molecule has 0 fully saturated rings. The van der Waals surface area contributed by atoms with E-state index in [1.165, 1.54) is 11.3 Å². The third-order valence-corrected chi connectivity index (χ3v) is 4.09. The van der Waals surface area contributed by atoms with Crippen molar-refractivity contribution in [3.63, 3.8) is 0 Å². The van der Waals surface area contributed by atoms with Gasteiger partial charge in [0.25, 0.3) is 0 Å². The Hall–Kier alpha value is -0.550. The smallest absolute Gasteiger partial charge is 0.0847 e. The van der Waals surface area contributed by atoms with Crippen LogP contribution in [-0.4, -0.2) is 9.78 Å². The summed E-state index contributed by atoms with van der Waals surface area (Å²) >= 11 is 13.7. The third-order valence-electron chi connectivity index (χ3n) is 2.35. The number of aromatic nitrogens is 2. The minimum absolute atomic E-state index is 0.317. The maximum atomic E-state index is 6.16. The molecule has 2 N–H and O–H groups in total. The zero-order valence-corrected chi connectivity index (χ0v) is 11.0. The molecule has 2 heterocycles. The van der Waals surface area contributed by atoms with Crippen LogP contribution in [0.5, 0.6) is 0 Å². The summed E-state index contributed by atoms with van der Waals surface area (Å²) in [6.45, 7) is 2.73. The summed E-state index contributed by atoms with van der Waals surface area (Å²) in [6.07, 6.45) is 1.61. The number of nitrogens with two attached hydrogens (primary N) is 1. The van der Waals surface area contributed by atoms with Crippen molar-refractivity contribution < 1.29 is 0 Å². The van der Waals surface area contributed by atoms with Crippen LogP contribution in [0.15, 0.2) is 17.6 Å². The van der Waals surface area contributed by atoms with Crippen LogP contribution in [0.3, 0.4) is 0 Å². The monoisotopic (exact) mass is 275 g/mol. The first-order valence-corrected chi connectivity index (χ1v) is 6.48. The van der Waals surface area contributed by atoms with Gasteiger partial charge in [-0.25, -0.2) is 0 Å². The van der Waals surface area contributed by atoms with Crippen LogP contribution in [0.25, 0.3) is 0 Å². The molecule has 0 bridgehead atoms. The highest BCUT2D eigenvalue weighted by Crippen LogP contribution is 2.33. The number of thiophene rings is 1. The fraction of sp³-hybridized carbons (Fsp3) is 0.300. The van der Waals surface area contributed by atoms with Crippen molar-refractivity contribution in [3.8, 4) is 0 Å². The summed E-state index contributed by atoms with van der Waals surface area (Å²) in [7, 11) is 0. The van der Waals surface area contributed by atoms with E-state index in [1.54, 1.807) is 10.9 Å². The van der Waals surface area contributed by atoms with Crippen molar-refractivity contribution in [1.82, 2.24) is 9.78 Å². The molecule has 86 valence electrons. The van der Waals surface area contributed by atoms with Crippen LogP contribution < -0.4 is 5.73 Å². The average molecular weight is 276 g/mol. The van der Waals surface area contributed by atoms with E-state index in [2.05, 4.69) is 5.10 Å². The first-order valence-electron chi connectivity index (χ1n) is 4.84. The van der Waals surface area contributed by atoms with Crippen molar-refractivity contribution in [3.05, 3.63) is 38.3 Å². The number of nitrogens with zero attached hydrogens (tertiary/aromatic N) is 2. The van der Waals surface area contributed by atoms with Crippen LogP contribution in [0.2, 0.25) is 10.0 Å². The largest absolute Gasteiger partial charge is 0.318 e. The standard InChI is InChI=1S/C10H11Cl2N3S/c1-2-15-9(7(12)5-14-15)8(13)10-6(11)3-4-16-10/h3-5,8H,2,13H2,1H3. The van der Waals surface area contributed by atoms with E-state index < -0.39 is 0 Å². The maximum Gasteiger partial charge on any atom is 0.0847 e. The molecule has 0 aliphatic carbocycles. The van der Waals surface area contributed by atoms with Gasteiger partial charge in [-0.15, -0.1) is 11.3 Å². The predicted molar refractivity (Wildman–Crippen MR) is 68.3 cm³/mol. The van der Waals surface area contributed by atoms with Crippen molar-refractivity contribution in [2.75, 3.05) is 0 Å². The molecule has 2 rings (SSSR count). The van der Waals surface area contributed by atoms with Gasteiger partial charge < -0.3 is 5.73 Å². The molecule has 2 aromatic rings. The second kappa shape index (κ2) is 4.75.